The van der Waals surface area contributed by atoms with Gasteiger partial charge in [-0.3, -0.25) is 4.79 Å². The fraction of sp³-hybridized carbons (Fsp3) is 0.467. The molecule has 20 heavy (non-hydrogen) atoms. The molecule has 2 rings (SSSR count). The summed E-state index contributed by atoms with van der Waals surface area (Å²) in [5.74, 6) is 0.757. The number of hydrogen-bond acceptors (Lipinski definition) is 3. The number of carbonyl (C=O) groups excluding carboxylic acids is 1. The van der Waals surface area contributed by atoms with Crippen molar-refractivity contribution in [2.24, 2.45) is 0 Å². The van der Waals surface area contributed by atoms with Crippen LogP contribution in [0.4, 0.5) is 0 Å². The van der Waals surface area contributed by atoms with Crippen LogP contribution >= 0.6 is 0 Å². The van der Waals surface area contributed by atoms with Gasteiger partial charge in [0.15, 0.2) is 0 Å². The molecular formula is C15H21N3O2. The molecule has 108 valence electrons. The summed E-state index contributed by atoms with van der Waals surface area (Å²) < 4.78 is 7.01. The predicted molar refractivity (Wildman–Crippen MR) is 78.5 cm³/mol. The lowest BCUT2D eigenvalue weighted by molar-refractivity contribution is -0.125. The average molecular weight is 275 g/mol. The van der Waals surface area contributed by atoms with E-state index in [2.05, 4.69) is 27.9 Å². The topological polar surface area (TPSA) is 56.2 Å². The van der Waals surface area contributed by atoms with E-state index in [-0.39, 0.29) is 18.6 Å². The zero-order chi connectivity index (χ0) is 14.5. The molecule has 1 aromatic heterocycles. The normalized spacial score (nSPS) is 12.6. The van der Waals surface area contributed by atoms with Crippen molar-refractivity contribution in [3.63, 3.8) is 0 Å². The first kappa shape index (κ1) is 14.5. The van der Waals surface area contributed by atoms with Crippen molar-refractivity contribution < 1.29 is 9.53 Å². The minimum Gasteiger partial charge on any atom is -0.375 e. The lowest BCUT2D eigenvalue weighted by Gasteiger charge is -2.15. The molecule has 0 fully saturated rings. The van der Waals surface area contributed by atoms with E-state index in [4.69, 9.17) is 4.74 Å². The number of hydrogen-bond donors (Lipinski definition) is 1. The first-order valence-corrected chi connectivity index (χ1v) is 6.90. The van der Waals surface area contributed by atoms with E-state index in [0.29, 0.717) is 0 Å². The molecule has 0 aliphatic heterocycles. The highest BCUT2D eigenvalue weighted by Gasteiger charge is 2.17. The SMILES string of the molecule is CCCn1c([C@@H](C)NC(=O)COC)nc2ccccc21. The maximum absolute atomic E-state index is 11.6. The monoisotopic (exact) mass is 275 g/mol. The highest BCUT2D eigenvalue weighted by atomic mass is 16.5. The fourth-order valence-corrected chi connectivity index (χ4v) is 2.36. The third-order valence-corrected chi connectivity index (χ3v) is 3.17. The maximum Gasteiger partial charge on any atom is 0.246 e. The number of carbonyl (C=O) groups is 1. The van der Waals surface area contributed by atoms with Gasteiger partial charge in [-0.15, -0.1) is 0 Å². The molecule has 5 nitrogen and oxygen atoms in total. The van der Waals surface area contributed by atoms with Crippen LogP contribution in [0.3, 0.4) is 0 Å². The van der Waals surface area contributed by atoms with Gasteiger partial charge in [0.25, 0.3) is 0 Å². The van der Waals surface area contributed by atoms with Crippen molar-refractivity contribution in [2.45, 2.75) is 32.9 Å². The molecule has 0 bridgehead atoms. The van der Waals surface area contributed by atoms with E-state index in [9.17, 15) is 4.79 Å². The van der Waals surface area contributed by atoms with Crippen molar-refractivity contribution in [2.75, 3.05) is 13.7 Å². The number of nitrogens with one attached hydrogen (secondary N) is 1. The van der Waals surface area contributed by atoms with Crippen LogP contribution in [-0.4, -0.2) is 29.2 Å². The number of rotatable bonds is 6. The summed E-state index contributed by atoms with van der Waals surface area (Å²) in [6, 6.07) is 7.90. The standard InChI is InChI=1S/C15H21N3O2/c1-4-9-18-13-8-6-5-7-12(13)17-15(18)11(2)16-14(19)10-20-3/h5-8,11H,4,9-10H2,1-3H3,(H,16,19)/t11-/m1/s1. The van der Waals surface area contributed by atoms with Crippen LogP contribution in [0.1, 0.15) is 32.1 Å². The van der Waals surface area contributed by atoms with Crippen molar-refractivity contribution in [3.05, 3.63) is 30.1 Å². The van der Waals surface area contributed by atoms with E-state index in [1.165, 1.54) is 7.11 Å². The van der Waals surface area contributed by atoms with E-state index < -0.39 is 0 Å². The van der Waals surface area contributed by atoms with E-state index in [0.717, 1.165) is 29.8 Å². The van der Waals surface area contributed by atoms with Crippen LogP contribution in [0.25, 0.3) is 11.0 Å². The number of methoxy groups -OCH3 is 1. The molecule has 0 spiro atoms. The Bertz CT molecular complexity index is 592. The summed E-state index contributed by atoms with van der Waals surface area (Å²) in [5, 5.41) is 2.91. The van der Waals surface area contributed by atoms with Crippen molar-refractivity contribution >= 4 is 16.9 Å². The Kier molecular flexibility index (Phi) is 4.74. The molecule has 2 aromatic rings. The molecule has 1 heterocycles. The minimum absolute atomic E-state index is 0.0678. The van der Waals surface area contributed by atoms with Crippen LogP contribution in [0.5, 0.6) is 0 Å². The Balaban J connectivity index is 2.32. The molecule has 1 N–H and O–H groups in total. The van der Waals surface area contributed by atoms with Gasteiger partial charge in [-0.1, -0.05) is 19.1 Å². The van der Waals surface area contributed by atoms with Crippen LogP contribution in [-0.2, 0) is 16.1 Å². The number of aromatic nitrogens is 2. The summed E-state index contributed by atoms with van der Waals surface area (Å²) >= 11 is 0. The number of aryl methyl sites for hydroxylation is 1. The van der Waals surface area contributed by atoms with Crippen LogP contribution in [0.2, 0.25) is 0 Å². The molecule has 5 heteroatoms. The molecular weight excluding hydrogens is 254 g/mol. The molecule has 0 saturated heterocycles. The van der Waals surface area contributed by atoms with Gasteiger partial charge >= 0.3 is 0 Å². The van der Waals surface area contributed by atoms with Crippen molar-refractivity contribution in [1.82, 2.24) is 14.9 Å². The van der Waals surface area contributed by atoms with E-state index >= 15 is 0 Å². The molecule has 0 aliphatic carbocycles. The van der Waals surface area contributed by atoms with Gasteiger partial charge in [-0.2, -0.15) is 0 Å². The van der Waals surface area contributed by atoms with Crippen molar-refractivity contribution in [3.8, 4) is 0 Å². The van der Waals surface area contributed by atoms with Gasteiger partial charge in [-0.05, 0) is 25.5 Å². The van der Waals surface area contributed by atoms with Gasteiger partial charge in [-0.25, -0.2) is 4.98 Å². The molecule has 0 saturated carbocycles. The quantitative estimate of drug-likeness (QED) is 0.880. The second kappa shape index (κ2) is 6.52. The summed E-state index contributed by atoms with van der Waals surface area (Å²) in [6.07, 6.45) is 1.02. The molecule has 0 unspecified atom stereocenters. The molecule has 1 aromatic carbocycles. The average Bonchev–Trinajstić information content (AvgIpc) is 2.79. The van der Waals surface area contributed by atoms with Crippen LogP contribution in [0, 0.1) is 0 Å². The Hall–Kier alpha value is -1.88. The van der Waals surface area contributed by atoms with Gasteiger partial charge < -0.3 is 14.6 Å². The number of para-hydroxylation sites is 2. The lowest BCUT2D eigenvalue weighted by Crippen LogP contribution is -2.31. The largest absolute Gasteiger partial charge is 0.375 e. The third kappa shape index (κ3) is 2.99. The fourth-order valence-electron chi connectivity index (χ4n) is 2.36. The Morgan fingerprint density at radius 3 is 2.90 bits per heavy atom. The summed E-state index contributed by atoms with van der Waals surface area (Å²) in [6.45, 7) is 5.03. The van der Waals surface area contributed by atoms with E-state index in [1.54, 1.807) is 0 Å². The van der Waals surface area contributed by atoms with Gasteiger partial charge in [0.1, 0.15) is 12.4 Å². The van der Waals surface area contributed by atoms with Crippen LogP contribution < -0.4 is 5.32 Å². The van der Waals surface area contributed by atoms with Gasteiger partial charge in [0, 0.05) is 13.7 Å². The second-order valence-corrected chi connectivity index (χ2v) is 4.83. The van der Waals surface area contributed by atoms with Crippen LogP contribution in [0.15, 0.2) is 24.3 Å². The Morgan fingerprint density at radius 1 is 1.45 bits per heavy atom. The Labute approximate surface area is 118 Å². The summed E-state index contributed by atoms with van der Waals surface area (Å²) in [4.78, 5) is 16.3. The first-order valence-electron chi connectivity index (χ1n) is 6.90. The molecule has 0 aliphatic rings. The van der Waals surface area contributed by atoms with Crippen molar-refractivity contribution in [1.29, 1.82) is 0 Å². The smallest absolute Gasteiger partial charge is 0.246 e. The van der Waals surface area contributed by atoms with E-state index in [1.807, 2.05) is 25.1 Å². The Morgan fingerprint density at radius 2 is 2.20 bits per heavy atom. The maximum atomic E-state index is 11.6. The summed E-state index contributed by atoms with van der Waals surface area (Å²) in [7, 11) is 1.51. The number of amides is 1. The molecule has 0 radical (unpaired) electrons. The zero-order valence-corrected chi connectivity index (χ0v) is 12.2. The summed E-state index contributed by atoms with van der Waals surface area (Å²) in [5.41, 5.74) is 2.07. The van der Waals surface area contributed by atoms with Gasteiger partial charge in [0.2, 0.25) is 5.91 Å². The number of ether oxygens (including phenoxy) is 1. The second-order valence-electron chi connectivity index (χ2n) is 4.83. The first-order chi connectivity index (χ1) is 9.67. The highest BCUT2D eigenvalue weighted by Crippen LogP contribution is 2.21. The molecule has 1 atom stereocenters. The number of nitrogens with zero attached hydrogens (tertiary/aromatic N) is 2. The zero-order valence-electron chi connectivity index (χ0n) is 12.2. The number of fused-ring (bicyclic) bond motifs is 1. The molecule has 1 amide bonds. The number of imidazole rings is 1. The predicted octanol–water partition coefficient (Wildman–Crippen LogP) is 2.27. The highest BCUT2D eigenvalue weighted by molar-refractivity contribution is 5.78. The number of benzene rings is 1. The lowest BCUT2D eigenvalue weighted by atomic mass is 10.3. The van der Waals surface area contributed by atoms with Gasteiger partial charge in [0.05, 0.1) is 17.1 Å². The minimum atomic E-state index is -0.142. The third-order valence-electron chi connectivity index (χ3n) is 3.17.